The molecule has 1 heterocycles. The van der Waals surface area contributed by atoms with Crippen molar-refractivity contribution < 1.29 is 17.2 Å². The molecule has 0 aliphatic carbocycles. The van der Waals surface area contributed by atoms with Crippen molar-refractivity contribution in [2.24, 2.45) is 16.6 Å². The molecule has 10 heteroatoms. The lowest BCUT2D eigenvalue weighted by Gasteiger charge is -2.29. The average molecular weight is 474 g/mol. The molecule has 1 aliphatic rings. The van der Waals surface area contributed by atoms with Crippen molar-refractivity contribution in [3.8, 4) is 0 Å². The Labute approximate surface area is 157 Å². The highest BCUT2D eigenvalue weighted by molar-refractivity contribution is 14.0. The van der Waals surface area contributed by atoms with Crippen molar-refractivity contribution in [1.29, 1.82) is 0 Å². The molecule has 0 amide bonds. The van der Waals surface area contributed by atoms with E-state index in [1.807, 2.05) is 0 Å². The van der Waals surface area contributed by atoms with Gasteiger partial charge in [0.25, 0.3) is 0 Å². The molecule has 0 unspecified atom stereocenters. The molecular weight excluding hydrogens is 453 g/mol. The smallest absolute Gasteiger partial charge is 0.211 e. The van der Waals surface area contributed by atoms with Gasteiger partial charge in [-0.1, -0.05) is 0 Å². The number of nitrogens with zero attached hydrogens (tertiary/aromatic N) is 2. The van der Waals surface area contributed by atoms with Gasteiger partial charge in [0.15, 0.2) is 5.96 Å². The van der Waals surface area contributed by atoms with Crippen LogP contribution in [0.5, 0.6) is 0 Å². The number of nitrogens with one attached hydrogen (secondary N) is 1. The topological polar surface area (TPSA) is 87.8 Å². The van der Waals surface area contributed by atoms with E-state index in [1.54, 1.807) is 0 Å². The number of guanidine groups is 1. The van der Waals surface area contributed by atoms with Crippen molar-refractivity contribution >= 4 is 45.6 Å². The lowest BCUT2D eigenvalue weighted by molar-refractivity contribution is 0.280. The first-order valence-electron chi connectivity index (χ1n) is 7.23. The first-order valence-corrected chi connectivity index (χ1v) is 9.07. The average Bonchev–Trinajstić information content (AvgIpc) is 2.48. The number of benzene rings is 1. The molecule has 0 atom stereocenters. The fourth-order valence-electron chi connectivity index (χ4n) is 2.42. The molecule has 0 bridgehead atoms. The molecule has 24 heavy (non-hydrogen) atoms. The van der Waals surface area contributed by atoms with Gasteiger partial charge in [-0.15, -0.1) is 24.0 Å². The Morgan fingerprint density at radius 3 is 2.58 bits per heavy atom. The second-order valence-corrected chi connectivity index (χ2v) is 7.56. The summed E-state index contributed by atoms with van der Waals surface area (Å²) in [5.74, 6) is -0.980. The molecule has 1 aromatic rings. The van der Waals surface area contributed by atoms with E-state index >= 15 is 0 Å². The van der Waals surface area contributed by atoms with Gasteiger partial charge in [-0.25, -0.2) is 21.5 Å². The maximum absolute atomic E-state index is 13.5. The third-order valence-electron chi connectivity index (χ3n) is 3.75. The highest BCUT2D eigenvalue weighted by Crippen LogP contribution is 2.19. The third-order valence-corrected chi connectivity index (χ3v) is 5.06. The number of anilines is 1. The van der Waals surface area contributed by atoms with Crippen molar-refractivity contribution in [3.05, 3.63) is 29.8 Å². The summed E-state index contributed by atoms with van der Waals surface area (Å²) in [4.78, 5) is 4.13. The van der Waals surface area contributed by atoms with Crippen LogP contribution in [0.2, 0.25) is 0 Å². The summed E-state index contributed by atoms with van der Waals surface area (Å²) in [5, 5.41) is 2.53. The maximum Gasteiger partial charge on any atom is 0.211 e. The second-order valence-electron chi connectivity index (χ2n) is 5.58. The molecule has 0 radical (unpaired) electrons. The monoisotopic (exact) mass is 474 g/mol. The summed E-state index contributed by atoms with van der Waals surface area (Å²) in [6.07, 6.45) is 2.58. The highest BCUT2D eigenvalue weighted by atomic mass is 127. The van der Waals surface area contributed by atoms with Crippen LogP contribution in [-0.4, -0.2) is 44.6 Å². The number of aliphatic imine (C=N–C) groups is 1. The zero-order valence-electron chi connectivity index (χ0n) is 13.2. The largest absolute Gasteiger partial charge is 0.370 e. The van der Waals surface area contributed by atoms with E-state index in [0.29, 0.717) is 32.5 Å². The predicted octanol–water partition coefficient (Wildman–Crippen LogP) is 1.98. The Hall–Kier alpha value is -1.01. The number of sulfonamides is 1. The fourth-order valence-corrected chi connectivity index (χ4v) is 3.30. The minimum atomic E-state index is -3.15. The number of rotatable bonds is 4. The number of nitrogens with two attached hydrogens (primary N) is 1. The van der Waals surface area contributed by atoms with Crippen LogP contribution in [0, 0.1) is 17.6 Å². The molecule has 0 saturated carbocycles. The Bertz CT molecular complexity index is 692. The third kappa shape index (κ3) is 6.13. The number of piperidine rings is 1. The Morgan fingerprint density at radius 1 is 1.38 bits per heavy atom. The van der Waals surface area contributed by atoms with Crippen LogP contribution in [0.4, 0.5) is 14.5 Å². The van der Waals surface area contributed by atoms with Gasteiger partial charge in [-0.05, 0) is 30.9 Å². The molecule has 1 aliphatic heterocycles. The van der Waals surface area contributed by atoms with E-state index in [2.05, 4.69) is 10.3 Å². The van der Waals surface area contributed by atoms with E-state index in [1.165, 1.54) is 10.6 Å². The Morgan fingerprint density at radius 2 is 2.00 bits per heavy atom. The van der Waals surface area contributed by atoms with Gasteiger partial charge in [0.05, 0.1) is 11.9 Å². The van der Waals surface area contributed by atoms with Crippen LogP contribution < -0.4 is 11.1 Å². The van der Waals surface area contributed by atoms with Crippen molar-refractivity contribution in [2.45, 2.75) is 12.8 Å². The van der Waals surface area contributed by atoms with Crippen molar-refractivity contribution in [2.75, 3.05) is 31.2 Å². The summed E-state index contributed by atoms with van der Waals surface area (Å²) in [6, 6.07) is 3.03. The minimum Gasteiger partial charge on any atom is -0.370 e. The van der Waals surface area contributed by atoms with Gasteiger partial charge in [0.2, 0.25) is 10.0 Å². The zero-order valence-corrected chi connectivity index (χ0v) is 16.4. The van der Waals surface area contributed by atoms with Gasteiger partial charge in [-0.3, -0.25) is 4.99 Å². The normalized spacial score (nSPS) is 17.4. The summed E-state index contributed by atoms with van der Waals surface area (Å²) in [5.41, 5.74) is 5.61. The van der Waals surface area contributed by atoms with E-state index < -0.39 is 21.7 Å². The van der Waals surface area contributed by atoms with Crippen molar-refractivity contribution in [1.82, 2.24) is 4.31 Å². The summed E-state index contributed by atoms with van der Waals surface area (Å²) < 4.78 is 50.8. The molecule has 136 valence electrons. The minimum absolute atomic E-state index is 0. The molecule has 3 N–H and O–H groups in total. The standard InChI is InChI=1S/C14H20F2N4O2S.HI/c1-23(21,22)20-6-4-10(5-7-20)9-18-14(17)19-13-8-11(15)2-3-12(13)16;/h2-3,8,10H,4-7,9H2,1H3,(H3,17,18,19);1H. The molecular formula is C14H21F2IN4O2S. The molecule has 0 spiro atoms. The van der Waals surface area contributed by atoms with Gasteiger partial charge in [0, 0.05) is 25.7 Å². The van der Waals surface area contributed by atoms with Gasteiger partial charge < -0.3 is 11.1 Å². The second kappa shape index (κ2) is 8.90. The van der Waals surface area contributed by atoms with Gasteiger partial charge >= 0.3 is 0 Å². The van der Waals surface area contributed by atoms with Crippen LogP contribution in [0.15, 0.2) is 23.2 Å². The first-order chi connectivity index (χ1) is 10.8. The highest BCUT2D eigenvalue weighted by Gasteiger charge is 2.24. The van der Waals surface area contributed by atoms with Crippen LogP contribution >= 0.6 is 24.0 Å². The molecule has 2 rings (SSSR count). The van der Waals surface area contributed by atoms with E-state index in [4.69, 9.17) is 5.73 Å². The number of hydrogen-bond acceptors (Lipinski definition) is 3. The van der Waals surface area contributed by atoms with Crippen LogP contribution in [-0.2, 0) is 10.0 Å². The molecule has 1 saturated heterocycles. The van der Waals surface area contributed by atoms with Crippen LogP contribution in [0.1, 0.15) is 12.8 Å². The summed E-state index contributed by atoms with van der Waals surface area (Å²) >= 11 is 0. The predicted molar refractivity (Wildman–Crippen MR) is 101 cm³/mol. The van der Waals surface area contributed by atoms with Crippen molar-refractivity contribution in [3.63, 3.8) is 0 Å². The SMILES string of the molecule is CS(=O)(=O)N1CCC(CN=C(N)Nc2cc(F)ccc2F)CC1.I. The first kappa shape index (κ1) is 21.0. The van der Waals surface area contributed by atoms with Gasteiger partial charge in [0.1, 0.15) is 11.6 Å². The summed E-state index contributed by atoms with van der Waals surface area (Å²) in [6.45, 7) is 1.34. The van der Waals surface area contributed by atoms with Crippen LogP contribution in [0.25, 0.3) is 0 Å². The lowest BCUT2D eigenvalue weighted by Crippen LogP contribution is -2.38. The molecule has 1 aromatic carbocycles. The van der Waals surface area contributed by atoms with E-state index in [0.717, 1.165) is 18.2 Å². The molecule has 6 nitrogen and oxygen atoms in total. The zero-order chi connectivity index (χ0) is 17.0. The number of halogens is 3. The maximum atomic E-state index is 13.5. The van der Waals surface area contributed by atoms with E-state index in [9.17, 15) is 17.2 Å². The van der Waals surface area contributed by atoms with Gasteiger partial charge in [-0.2, -0.15) is 0 Å². The lowest BCUT2D eigenvalue weighted by atomic mass is 9.98. The Balaban J connectivity index is 0.00000288. The molecule has 0 aromatic heterocycles. The van der Waals surface area contributed by atoms with E-state index in [-0.39, 0.29) is 41.5 Å². The number of hydrogen-bond donors (Lipinski definition) is 2. The Kier molecular flexibility index (Phi) is 7.80. The van der Waals surface area contributed by atoms with Crippen LogP contribution in [0.3, 0.4) is 0 Å². The quantitative estimate of drug-likeness (QED) is 0.397. The molecule has 1 fully saturated rings. The fraction of sp³-hybridized carbons (Fsp3) is 0.500. The summed E-state index contributed by atoms with van der Waals surface area (Å²) in [7, 11) is -3.15.